The van der Waals surface area contributed by atoms with Gasteiger partial charge in [-0.15, -0.1) is 0 Å². The van der Waals surface area contributed by atoms with Crippen molar-refractivity contribution >= 4 is 6.03 Å². The molecule has 0 bridgehead atoms. The number of phenolic OH excluding ortho intramolecular Hbond substituents is 2. The summed E-state index contributed by atoms with van der Waals surface area (Å²) < 4.78 is 0. The number of hydrogen-bond acceptors (Lipinski definition) is 4. The van der Waals surface area contributed by atoms with Crippen LogP contribution in [0.3, 0.4) is 0 Å². The average Bonchev–Trinajstić information content (AvgIpc) is 2.79. The van der Waals surface area contributed by atoms with Gasteiger partial charge in [-0.2, -0.15) is 0 Å². The van der Waals surface area contributed by atoms with Gasteiger partial charge in [0.2, 0.25) is 0 Å². The number of likely N-dealkylation sites (tertiary alicyclic amines) is 1. The van der Waals surface area contributed by atoms with Crippen molar-refractivity contribution in [3.05, 3.63) is 59.2 Å². The van der Waals surface area contributed by atoms with Crippen LogP contribution < -0.4 is 5.32 Å². The molecule has 5 rings (SSSR count). The maximum Gasteiger partial charge on any atom is 0.317 e. The molecule has 0 aromatic heterocycles. The van der Waals surface area contributed by atoms with Crippen LogP contribution in [0.2, 0.25) is 0 Å². The molecule has 3 heterocycles. The first-order valence-electron chi connectivity index (χ1n) is 11.5. The SMILES string of the molecule is O=C(NCCc1ccccc1)N1CCC[C@@H]2CN3CCc4cc(O)c(O)cc4[C@@H]3C[C@@H]21. The molecule has 0 aliphatic carbocycles. The number of nitrogens with one attached hydrogen (secondary N) is 1. The lowest BCUT2D eigenvalue weighted by atomic mass is 9.76. The van der Waals surface area contributed by atoms with E-state index in [-0.39, 0.29) is 29.6 Å². The molecule has 3 atom stereocenters. The van der Waals surface area contributed by atoms with Crippen molar-refractivity contribution in [2.45, 2.75) is 44.2 Å². The Labute approximate surface area is 183 Å². The highest BCUT2D eigenvalue weighted by Crippen LogP contribution is 2.45. The van der Waals surface area contributed by atoms with Crippen molar-refractivity contribution in [2.75, 3.05) is 26.2 Å². The Balaban J connectivity index is 1.29. The van der Waals surface area contributed by atoms with E-state index in [4.69, 9.17) is 0 Å². The second-order valence-electron chi connectivity index (χ2n) is 9.17. The predicted octanol–water partition coefficient (Wildman–Crippen LogP) is 3.43. The lowest BCUT2D eigenvalue weighted by molar-refractivity contribution is 0.00568. The van der Waals surface area contributed by atoms with Crippen molar-refractivity contribution < 1.29 is 15.0 Å². The molecule has 0 spiro atoms. The maximum absolute atomic E-state index is 13.1. The monoisotopic (exact) mass is 421 g/mol. The van der Waals surface area contributed by atoms with Gasteiger partial charge in [-0.1, -0.05) is 30.3 Å². The molecule has 0 unspecified atom stereocenters. The van der Waals surface area contributed by atoms with Crippen molar-refractivity contribution in [2.24, 2.45) is 5.92 Å². The molecule has 2 amide bonds. The lowest BCUT2D eigenvalue weighted by Crippen LogP contribution is -2.59. The molecule has 3 aliphatic rings. The summed E-state index contributed by atoms with van der Waals surface area (Å²) in [7, 11) is 0. The second-order valence-corrected chi connectivity index (χ2v) is 9.17. The van der Waals surface area contributed by atoms with Crippen LogP contribution in [0.4, 0.5) is 4.79 Å². The topological polar surface area (TPSA) is 76.0 Å². The number of fused-ring (bicyclic) bond motifs is 4. The van der Waals surface area contributed by atoms with Crippen LogP contribution in [0.15, 0.2) is 42.5 Å². The Kier molecular flexibility index (Phi) is 5.48. The van der Waals surface area contributed by atoms with Crippen molar-refractivity contribution in [3.8, 4) is 11.5 Å². The van der Waals surface area contributed by atoms with E-state index < -0.39 is 0 Å². The first-order valence-corrected chi connectivity index (χ1v) is 11.5. The van der Waals surface area contributed by atoms with Gasteiger partial charge in [0, 0.05) is 38.3 Å². The summed E-state index contributed by atoms with van der Waals surface area (Å²) in [5, 5.41) is 23.1. The minimum Gasteiger partial charge on any atom is -0.504 e. The van der Waals surface area contributed by atoms with Crippen LogP contribution in [-0.2, 0) is 12.8 Å². The Hall–Kier alpha value is -2.73. The summed E-state index contributed by atoms with van der Waals surface area (Å²) in [4.78, 5) is 17.6. The number of aromatic hydroxyl groups is 2. The van der Waals surface area contributed by atoms with Crippen LogP contribution in [0, 0.1) is 5.92 Å². The number of rotatable bonds is 3. The predicted molar refractivity (Wildman–Crippen MR) is 119 cm³/mol. The number of benzene rings is 2. The average molecular weight is 422 g/mol. The van der Waals surface area contributed by atoms with E-state index in [0.717, 1.165) is 62.9 Å². The molecule has 2 aromatic rings. The molecule has 6 heteroatoms. The van der Waals surface area contributed by atoms with Crippen LogP contribution in [0.1, 0.15) is 42.0 Å². The standard InChI is InChI=1S/C25H31N3O3/c29-23-13-18-9-12-27-16-19-7-4-11-28(21(19)15-22(27)20(18)14-24(23)30)25(31)26-10-8-17-5-2-1-3-6-17/h1-3,5-6,13-14,19,21-22,29-30H,4,7-12,15-16H2,(H,26,31)/t19-,21+,22+/m1/s1. The summed E-state index contributed by atoms with van der Waals surface area (Å²) in [5.74, 6) is 0.400. The van der Waals surface area contributed by atoms with Crippen molar-refractivity contribution in [1.82, 2.24) is 15.1 Å². The zero-order chi connectivity index (χ0) is 21.4. The number of amides is 2. The van der Waals surface area contributed by atoms with Gasteiger partial charge < -0.3 is 20.4 Å². The van der Waals surface area contributed by atoms with E-state index in [9.17, 15) is 15.0 Å². The van der Waals surface area contributed by atoms with Gasteiger partial charge in [0.25, 0.3) is 0 Å². The van der Waals surface area contributed by atoms with E-state index in [1.165, 1.54) is 5.56 Å². The summed E-state index contributed by atoms with van der Waals surface area (Å²) >= 11 is 0. The van der Waals surface area contributed by atoms with Crippen molar-refractivity contribution in [3.63, 3.8) is 0 Å². The third-order valence-corrected chi connectivity index (χ3v) is 7.35. The molecule has 2 aromatic carbocycles. The summed E-state index contributed by atoms with van der Waals surface area (Å²) in [6.07, 6.45) is 4.82. The molecule has 0 saturated carbocycles. The molecule has 164 valence electrons. The highest BCUT2D eigenvalue weighted by molar-refractivity contribution is 5.74. The molecule has 3 N–H and O–H groups in total. The van der Waals surface area contributed by atoms with Crippen molar-refractivity contribution in [1.29, 1.82) is 0 Å². The first-order chi connectivity index (χ1) is 15.1. The van der Waals surface area contributed by atoms with E-state index >= 15 is 0 Å². The molecule has 6 nitrogen and oxygen atoms in total. The number of hydrogen-bond donors (Lipinski definition) is 3. The number of nitrogens with zero attached hydrogens (tertiary/aromatic N) is 2. The fourth-order valence-corrected chi connectivity index (χ4v) is 5.79. The Bertz CT molecular complexity index is 949. The zero-order valence-corrected chi connectivity index (χ0v) is 17.8. The first kappa shape index (κ1) is 20.2. The maximum atomic E-state index is 13.1. The van der Waals surface area contributed by atoms with Crippen LogP contribution in [0.5, 0.6) is 11.5 Å². The third kappa shape index (κ3) is 3.97. The second kappa shape index (κ2) is 8.42. The Morgan fingerprint density at radius 3 is 2.74 bits per heavy atom. The van der Waals surface area contributed by atoms with Crippen LogP contribution in [0.25, 0.3) is 0 Å². The molecular weight excluding hydrogens is 390 g/mol. The summed E-state index contributed by atoms with van der Waals surface area (Å²) in [6.45, 7) is 3.40. The van der Waals surface area contributed by atoms with E-state index in [0.29, 0.717) is 12.5 Å². The highest BCUT2D eigenvalue weighted by atomic mass is 16.3. The summed E-state index contributed by atoms with van der Waals surface area (Å²) in [5.41, 5.74) is 3.45. The number of urea groups is 1. The van der Waals surface area contributed by atoms with Gasteiger partial charge >= 0.3 is 6.03 Å². The minimum atomic E-state index is -0.0538. The van der Waals surface area contributed by atoms with Gasteiger partial charge in [-0.3, -0.25) is 4.90 Å². The van der Waals surface area contributed by atoms with Gasteiger partial charge in [0.05, 0.1) is 0 Å². The quantitative estimate of drug-likeness (QED) is 0.664. The molecule has 3 aliphatic heterocycles. The molecular formula is C25H31N3O3. The van der Waals surface area contributed by atoms with Crippen LogP contribution in [-0.4, -0.2) is 58.3 Å². The zero-order valence-electron chi connectivity index (χ0n) is 17.8. The smallest absolute Gasteiger partial charge is 0.317 e. The molecule has 2 fully saturated rings. The number of piperidine rings is 2. The van der Waals surface area contributed by atoms with Gasteiger partial charge in [-0.05, 0) is 66.8 Å². The molecule has 31 heavy (non-hydrogen) atoms. The molecule has 2 saturated heterocycles. The van der Waals surface area contributed by atoms with E-state index in [1.807, 2.05) is 18.2 Å². The normalized spacial score (nSPS) is 25.3. The summed E-state index contributed by atoms with van der Waals surface area (Å²) in [6, 6.07) is 14.1. The minimum absolute atomic E-state index is 0.0435. The van der Waals surface area contributed by atoms with E-state index in [2.05, 4.69) is 27.2 Å². The lowest BCUT2D eigenvalue weighted by Gasteiger charge is -2.52. The molecule has 0 radical (unpaired) electrons. The fourth-order valence-electron chi connectivity index (χ4n) is 5.79. The van der Waals surface area contributed by atoms with E-state index in [1.54, 1.807) is 12.1 Å². The largest absolute Gasteiger partial charge is 0.504 e. The Morgan fingerprint density at radius 1 is 1.10 bits per heavy atom. The number of phenols is 2. The van der Waals surface area contributed by atoms with Gasteiger partial charge in [0.15, 0.2) is 11.5 Å². The Morgan fingerprint density at radius 2 is 1.90 bits per heavy atom. The third-order valence-electron chi connectivity index (χ3n) is 7.35. The van der Waals surface area contributed by atoms with Gasteiger partial charge in [-0.25, -0.2) is 4.79 Å². The number of carbonyl (C=O) groups excluding carboxylic acids is 1. The van der Waals surface area contributed by atoms with Crippen LogP contribution >= 0.6 is 0 Å². The fraction of sp³-hybridized carbons (Fsp3) is 0.480. The number of carbonyl (C=O) groups is 1. The van der Waals surface area contributed by atoms with Gasteiger partial charge in [0.1, 0.15) is 0 Å². The highest BCUT2D eigenvalue weighted by Gasteiger charge is 2.44.